The Bertz CT molecular complexity index is 288. The third-order valence-electron chi connectivity index (χ3n) is 3.38. The van der Waals surface area contributed by atoms with Crippen molar-refractivity contribution in [2.45, 2.75) is 38.6 Å². The summed E-state index contributed by atoms with van der Waals surface area (Å²) in [7, 11) is 0. The maximum atomic E-state index is 11.8. The third kappa shape index (κ3) is 4.18. The SMILES string of the molecule is CCCC1CCN(C(=O)NC(CO)C(=O)O)CC1. The van der Waals surface area contributed by atoms with Gasteiger partial charge in [0.05, 0.1) is 6.61 Å². The topological polar surface area (TPSA) is 89.9 Å². The van der Waals surface area contributed by atoms with Crippen molar-refractivity contribution < 1.29 is 19.8 Å². The molecule has 0 radical (unpaired) electrons. The van der Waals surface area contributed by atoms with Gasteiger partial charge in [-0.3, -0.25) is 0 Å². The van der Waals surface area contributed by atoms with Crippen molar-refractivity contribution >= 4 is 12.0 Å². The lowest BCUT2D eigenvalue weighted by molar-refractivity contribution is -0.140. The molecule has 0 aromatic carbocycles. The van der Waals surface area contributed by atoms with Gasteiger partial charge in [0.2, 0.25) is 0 Å². The molecule has 0 bridgehead atoms. The number of aliphatic carboxylic acids is 1. The second-order valence-electron chi connectivity index (χ2n) is 4.74. The average Bonchev–Trinajstić information content (AvgIpc) is 2.36. The summed E-state index contributed by atoms with van der Waals surface area (Å²) < 4.78 is 0. The maximum absolute atomic E-state index is 11.8. The van der Waals surface area contributed by atoms with Gasteiger partial charge in [0.25, 0.3) is 0 Å². The van der Waals surface area contributed by atoms with E-state index in [1.165, 1.54) is 6.42 Å². The number of carboxylic acids is 1. The Morgan fingerprint density at radius 2 is 2.00 bits per heavy atom. The molecule has 6 heteroatoms. The summed E-state index contributed by atoms with van der Waals surface area (Å²) in [5.41, 5.74) is 0. The van der Waals surface area contributed by atoms with Crippen LogP contribution in [0.15, 0.2) is 0 Å². The summed E-state index contributed by atoms with van der Waals surface area (Å²) >= 11 is 0. The highest BCUT2D eigenvalue weighted by Crippen LogP contribution is 2.21. The molecule has 104 valence electrons. The van der Waals surface area contributed by atoms with Crippen LogP contribution in [0.2, 0.25) is 0 Å². The normalized spacial score (nSPS) is 18.4. The van der Waals surface area contributed by atoms with Crippen molar-refractivity contribution in [2.24, 2.45) is 5.92 Å². The Labute approximate surface area is 107 Å². The number of aliphatic hydroxyl groups is 1. The molecule has 1 unspecified atom stereocenters. The number of amides is 2. The fourth-order valence-corrected chi connectivity index (χ4v) is 2.26. The van der Waals surface area contributed by atoms with E-state index in [2.05, 4.69) is 12.2 Å². The van der Waals surface area contributed by atoms with E-state index in [9.17, 15) is 9.59 Å². The number of hydrogen-bond donors (Lipinski definition) is 3. The van der Waals surface area contributed by atoms with E-state index in [4.69, 9.17) is 10.2 Å². The summed E-state index contributed by atoms with van der Waals surface area (Å²) in [6.45, 7) is 2.88. The number of likely N-dealkylation sites (tertiary alicyclic amines) is 1. The lowest BCUT2D eigenvalue weighted by Crippen LogP contribution is -2.51. The molecule has 1 atom stereocenters. The first-order valence-electron chi connectivity index (χ1n) is 6.47. The average molecular weight is 258 g/mol. The molecule has 6 nitrogen and oxygen atoms in total. The van der Waals surface area contributed by atoms with Crippen LogP contribution in [0.1, 0.15) is 32.6 Å². The van der Waals surface area contributed by atoms with Crippen LogP contribution < -0.4 is 5.32 Å². The largest absolute Gasteiger partial charge is 0.480 e. The van der Waals surface area contributed by atoms with Crippen LogP contribution in [-0.4, -0.2) is 52.9 Å². The minimum atomic E-state index is -1.22. The van der Waals surface area contributed by atoms with Crippen LogP contribution in [0, 0.1) is 5.92 Å². The molecule has 1 saturated heterocycles. The first kappa shape index (κ1) is 14.8. The van der Waals surface area contributed by atoms with Crippen molar-refractivity contribution in [3.8, 4) is 0 Å². The Morgan fingerprint density at radius 1 is 1.39 bits per heavy atom. The Morgan fingerprint density at radius 3 is 2.44 bits per heavy atom. The van der Waals surface area contributed by atoms with E-state index < -0.39 is 24.6 Å². The zero-order valence-electron chi connectivity index (χ0n) is 10.8. The van der Waals surface area contributed by atoms with Gasteiger partial charge in [-0.1, -0.05) is 19.8 Å². The van der Waals surface area contributed by atoms with Crippen molar-refractivity contribution in [3.63, 3.8) is 0 Å². The summed E-state index contributed by atoms with van der Waals surface area (Å²) in [4.78, 5) is 24.1. The van der Waals surface area contributed by atoms with Gasteiger partial charge in [0, 0.05) is 13.1 Å². The number of rotatable bonds is 5. The van der Waals surface area contributed by atoms with Crippen molar-refractivity contribution in [2.75, 3.05) is 19.7 Å². The quantitative estimate of drug-likeness (QED) is 0.675. The monoisotopic (exact) mass is 258 g/mol. The summed E-state index contributed by atoms with van der Waals surface area (Å²) in [6, 6.07) is -1.61. The summed E-state index contributed by atoms with van der Waals surface area (Å²) in [5, 5.41) is 19.9. The molecular weight excluding hydrogens is 236 g/mol. The first-order valence-corrected chi connectivity index (χ1v) is 6.47. The molecule has 0 spiro atoms. The number of carbonyl (C=O) groups is 2. The Hall–Kier alpha value is -1.30. The van der Waals surface area contributed by atoms with Crippen LogP contribution in [0.3, 0.4) is 0 Å². The molecule has 1 aliphatic rings. The number of aliphatic hydroxyl groups excluding tert-OH is 1. The smallest absolute Gasteiger partial charge is 0.328 e. The van der Waals surface area contributed by atoms with E-state index >= 15 is 0 Å². The number of carboxylic acid groups (broad SMARTS) is 1. The summed E-state index contributed by atoms with van der Waals surface area (Å²) in [6.07, 6.45) is 4.28. The number of nitrogens with zero attached hydrogens (tertiary/aromatic N) is 1. The van der Waals surface area contributed by atoms with Gasteiger partial charge in [0.1, 0.15) is 0 Å². The molecule has 1 heterocycles. The lowest BCUT2D eigenvalue weighted by atomic mass is 9.93. The molecule has 1 fully saturated rings. The molecular formula is C12H22N2O4. The highest BCUT2D eigenvalue weighted by Gasteiger charge is 2.25. The zero-order valence-corrected chi connectivity index (χ0v) is 10.8. The predicted molar refractivity (Wildman–Crippen MR) is 66.2 cm³/mol. The number of hydrogen-bond acceptors (Lipinski definition) is 3. The van der Waals surface area contributed by atoms with Gasteiger partial charge < -0.3 is 20.4 Å². The van der Waals surface area contributed by atoms with Gasteiger partial charge in [0.15, 0.2) is 6.04 Å². The highest BCUT2D eigenvalue weighted by atomic mass is 16.4. The van der Waals surface area contributed by atoms with E-state index in [0.717, 1.165) is 19.3 Å². The fraction of sp³-hybridized carbons (Fsp3) is 0.833. The fourth-order valence-electron chi connectivity index (χ4n) is 2.26. The number of carbonyl (C=O) groups excluding carboxylic acids is 1. The predicted octanol–water partition coefficient (Wildman–Crippen LogP) is 0.654. The van der Waals surface area contributed by atoms with Gasteiger partial charge in [-0.2, -0.15) is 0 Å². The standard InChI is InChI=1S/C12H22N2O4/c1-2-3-9-4-6-14(7-5-9)12(18)13-10(8-15)11(16)17/h9-10,15H,2-8H2,1H3,(H,13,18)(H,16,17). The van der Waals surface area contributed by atoms with Gasteiger partial charge in [-0.05, 0) is 18.8 Å². The lowest BCUT2D eigenvalue weighted by Gasteiger charge is -2.32. The molecule has 0 aliphatic carbocycles. The van der Waals surface area contributed by atoms with E-state index in [1.807, 2.05) is 0 Å². The Kier molecular flexibility index (Phi) is 5.91. The number of piperidine rings is 1. The van der Waals surface area contributed by atoms with Crippen molar-refractivity contribution in [3.05, 3.63) is 0 Å². The first-order chi connectivity index (χ1) is 8.58. The number of urea groups is 1. The second-order valence-corrected chi connectivity index (χ2v) is 4.74. The third-order valence-corrected chi connectivity index (χ3v) is 3.38. The molecule has 2 amide bonds. The van der Waals surface area contributed by atoms with Crippen LogP contribution in [0.25, 0.3) is 0 Å². The second kappa shape index (κ2) is 7.20. The number of nitrogens with one attached hydrogen (secondary N) is 1. The molecule has 0 saturated carbocycles. The minimum absolute atomic E-state index is 0.397. The maximum Gasteiger partial charge on any atom is 0.328 e. The van der Waals surface area contributed by atoms with Crippen LogP contribution >= 0.6 is 0 Å². The minimum Gasteiger partial charge on any atom is -0.480 e. The molecule has 1 rings (SSSR count). The van der Waals surface area contributed by atoms with Gasteiger partial charge >= 0.3 is 12.0 Å². The highest BCUT2D eigenvalue weighted by molar-refractivity contribution is 5.82. The van der Waals surface area contributed by atoms with Crippen LogP contribution in [0.4, 0.5) is 4.79 Å². The van der Waals surface area contributed by atoms with E-state index in [0.29, 0.717) is 19.0 Å². The van der Waals surface area contributed by atoms with Crippen LogP contribution in [0.5, 0.6) is 0 Å². The van der Waals surface area contributed by atoms with Gasteiger partial charge in [-0.25, -0.2) is 9.59 Å². The molecule has 1 aliphatic heterocycles. The van der Waals surface area contributed by atoms with Crippen molar-refractivity contribution in [1.29, 1.82) is 0 Å². The van der Waals surface area contributed by atoms with E-state index in [-0.39, 0.29) is 0 Å². The zero-order chi connectivity index (χ0) is 13.5. The molecule has 0 aromatic heterocycles. The van der Waals surface area contributed by atoms with Crippen LogP contribution in [-0.2, 0) is 4.79 Å². The van der Waals surface area contributed by atoms with Crippen molar-refractivity contribution in [1.82, 2.24) is 10.2 Å². The van der Waals surface area contributed by atoms with Gasteiger partial charge in [-0.15, -0.1) is 0 Å². The summed E-state index contributed by atoms with van der Waals surface area (Å²) in [5.74, 6) is -0.543. The van der Waals surface area contributed by atoms with E-state index in [1.54, 1.807) is 4.90 Å². The molecule has 18 heavy (non-hydrogen) atoms. The molecule has 3 N–H and O–H groups in total. The molecule has 0 aromatic rings. The Balaban J connectivity index is 2.38.